The van der Waals surface area contributed by atoms with Crippen molar-refractivity contribution in [3.05, 3.63) is 57.6 Å². The molecule has 4 nitrogen and oxygen atoms in total. The molecule has 1 fully saturated rings. The van der Waals surface area contributed by atoms with Crippen LogP contribution >= 0.6 is 11.6 Å². The highest BCUT2D eigenvalue weighted by molar-refractivity contribution is 6.38. The first-order valence-electron chi connectivity index (χ1n) is 7.65. The number of anilines is 2. The molecule has 0 aromatic heterocycles. The summed E-state index contributed by atoms with van der Waals surface area (Å²) in [5.74, 6) is -0.379. The van der Waals surface area contributed by atoms with Gasteiger partial charge in [-0.2, -0.15) is 0 Å². The minimum Gasteiger partial charge on any atom is -0.397 e. The van der Waals surface area contributed by atoms with E-state index in [1.165, 1.54) is 0 Å². The lowest BCUT2D eigenvalue weighted by Gasteiger charge is -2.27. The van der Waals surface area contributed by atoms with Crippen LogP contribution in [0.3, 0.4) is 0 Å². The van der Waals surface area contributed by atoms with Gasteiger partial charge in [-0.25, -0.2) is 0 Å². The molecule has 116 valence electrons. The third-order valence-corrected chi connectivity index (χ3v) is 4.93. The number of ketones is 2. The standard InChI is InChI=1S/C18H15ClN2O2/c19-12-9-13(21-7-3-4-8-21)14-15(16(12)20)18(23)11-6-2-1-5-10(11)17(14)22/h1-2,5-6,9H,3-4,7-8,20H2. The minimum absolute atomic E-state index is 0.152. The van der Waals surface area contributed by atoms with Gasteiger partial charge in [0.2, 0.25) is 0 Å². The number of hydrogen-bond donors (Lipinski definition) is 1. The van der Waals surface area contributed by atoms with Crippen molar-refractivity contribution in [2.24, 2.45) is 0 Å². The van der Waals surface area contributed by atoms with E-state index in [9.17, 15) is 9.59 Å². The monoisotopic (exact) mass is 326 g/mol. The Morgan fingerprint density at radius 1 is 0.957 bits per heavy atom. The maximum atomic E-state index is 13.0. The van der Waals surface area contributed by atoms with E-state index in [-0.39, 0.29) is 22.8 Å². The Labute approximate surface area is 138 Å². The highest BCUT2D eigenvalue weighted by Crippen LogP contribution is 2.41. The number of halogens is 1. The molecule has 2 aromatic rings. The lowest BCUT2D eigenvalue weighted by Crippen LogP contribution is -2.28. The molecule has 23 heavy (non-hydrogen) atoms. The zero-order valence-corrected chi connectivity index (χ0v) is 13.2. The molecule has 0 radical (unpaired) electrons. The van der Waals surface area contributed by atoms with E-state index in [0.717, 1.165) is 31.6 Å². The molecule has 1 saturated heterocycles. The Bertz CT molecular complexity index is 854. The molecule has 2 aliphatic rings. The maximum Gasteiger partial charge on any atom is 0.196 e. The zero-order valence-electron chi connectivity index (χ0n) is 12.4. The second-order valence-corrected chi connectivity index (χ2v) is 6.35. The minimum atomic E-state index is -0.226. The highest BCUT2D eigenvalue weighted by atomic mass is 35.5. The average molecular weight is 327 g/mol. The molecule has 0 amide bonds. The van der Waals surface area contributed by atoms with Gasteiger partial charge in [0.05, 0.1) is 27.5 Å². The first-order chi connectivity index (χ1) is 11.1. The Morgan fingerprint density at radius 3 is 2.13 bits per heavy atom. The van der Waals surface area contributed by atoms with Crippen molar-refractivity contribution < 1.29 is 9.59 Å². The topological polar surface area (TPSA) is 63.4 Å². The number of rotatable bonds is 1. The zero-order chi connectivity index (χ0) is 16.1. The van der Waals surface area contributed by atoms with Gasteiger partial charge in [-0.05, 0) is 18.9 Å². The summed E-state index contributed by atoms with van der Waals surface area (Å²) >= 11 is 6.25. The molecule has 1 aliphatic carbocycles. The van der Waals surface area contributed by atoms with E-state index in [1.54, 1.807) is 30.3 Å². The molecular weight excluding hydrogens is 312 g/mol. The van der Waals surface area contributed by atoms with Gasteiger partial charge in [0.15, 0.2) is 11.6 Å². The molecule has 0 unspecified atom stereocenters. The molecule has 5 heteroatoms. The fourth-order valence-electron chi connectivity index (χ4n) is 3.47. The van der Waals surface area contributed by atoms with Crippen LogP contribution in [-0.4, -0.2) is 24.7 Å². The van der Waals surface area contributed by atoms with Crippen LogP contribution in [0.15, 0.2) is 30.3 Å². The van der Waals surface area contributed by atoms with Crippen molar-refractivity contribution in [2.45, 2.75) is 12.8 Å². The van der Waals surface area contributed by atoms with Gasteiger partial charge in [0, 0.05) is 24.2 Å². The van der Waals surface area contributed by atoms with Crippen LogP contribution in [0.25, 0.3) is 0 Å². The number of carbonyl (C=O) groups excluding carboxylic acids is 2. The predicted octanol–water partition coefficient (Wildman–Crippen LogP) is 3.30. The summed E-state index contributed by atoms with van der Waals surface area (Å²) in [5, 5.41) is 0.325. The number of nitrogens with two attached hydrogens (primary N) is 1. The van der Waals surface area contributed by atoms with Crippen molar-refractivity contribution in [2.75, 3.05) is 23.7 Å². The van der Waals surface area contributed by atoms with E-state index in [1.807, 2.05) is 0 Å². The molecule has 1 aliphatic heterocycles. The number of hydrogen-bond acceptors (Lipinski definition) is 4. The van der Waals surface area contributed by atoms with Crippen molar-refractivity contribution in [1.29, 1.82) is 0 Å². The maximum absolute atomic E-state index is 13.0. The van der Waals surface area contributed by atoms with Crippen LogP contribution in [0, 0.1) is 0 Å². The molecule has 0 spiro atoms. The van der Waals surface area contributed by atoms with E-state index >= 15 is 0 Å². The van der Waals surface area contributed by atoms with Crippen LogP contribution in [0.5, 0.6) is 0 Å². The third kappa shape index (κ3) is 1.98. The van der Waals surface area contributed by atoms with Crippen molar-refractivity contribution in [3.8, 4) is 0 Å². The van der Waals surface area contributed by atoms with Crippen LogP contribution in [0.1, 0.15) is 44.7 Å². The molecule has 1 heterocycles. The molecule has 2 N–H and O–H groups in total. The summed E-state index contributed by atoms with van der Waals surface area (Å²) in [7, 11) is 0. The molecule has 0 bridgehead atoms. The van der Waals surface area contributed by atoms with Gasteiger partial charge >= 0.3 is 0 Å². The smallest absolute Gasteiger partial charge is 0.196 e. The van der Waals surface area contributed by atoms with Crippen molar-refractivity contribution in [1.82, 2.24) is 0 Å². The van der Waals surface area contributed by atoms with E-state index in [0.29, 0.717) is 21.7 Å². The summed E-state index contributed by atoms with van der Waals surface area (Å²) in [4.78, 5) is 28.0. The van der Waals surface area contributed by atoms with Gasteiger partial charge in [0.1, 0.15) is 0 Å². The lowest BCUT2D eigenvalue weighted by atomic mass is 9.82. The van der Waals surface area contributed by atoms with E-state index < -0.39 is 0 Å². The van der Waals surface area contributed by atoms with Crippen LogP contribution in [0.2, 0.25) is 5.02 Å². The summed E-state index contributed by atoms with van der Waals surface area (Å²) in [6.07, 6.45) is 2.13. The Morgan fingerprint density at radius 2 is 1.52 bits per heavy atom. The lowest BCUT2D eigenvalue weighted by molar-refractivity contribution is 0.0980. The first kappa shape index (κ1) is 14.3. The Balaban J connectivity index is 2.03. The predicted molar refractivity (Wildman–Crippen MR) is 90.6 cm³/mol. The van der Waals surface area contributed by atoms with Crippen LogP contribution < -0.4 is 10.6 Å². The Hall–Kier alpha value is -2.33. The number of benzene rings is 2. The third-order valence-electron chi connectivity index (χ3n) is 4.61. The largest absolute Gasteiger partial charge is 0.397 e. The molecule has 2 aromatic carbocycles. The normalized spacial score (nSPS) is 16.5. The van der Waals surface area contributed by atoms with Gasteiger partial charge in [-0.15, -0.1) is 0 Å². The van der Waals surface area contributed by atoms with E-state index in [4.69, 9.17) is 17.3 Å². The van der Waals surface area contributed by atoms with Gasteiger partial charge in [0.25, 0.3) is 0 Å². The summed E-state index contributed by atoms with van der Waals surface area (Å²) in [6.45, 7) is 1.71. The number of carbonyl (C=O) groups is 2. The highest BCUT2D eigenvalue weighted by Gasteiger charge is 2.35. The second-order valence-electron chi connectivity index (χ2n) is 5.94. The number of fused-ring (bicyclic) bond motifs is 2. The Kier molecular flexibility index (Phi) is 3.16. The van der Waals surface area contributed by atoms with Crippen LogP contribution in [0.4, 0.5) is 11.4 Å². The second kappa shape index (κ2) is 5.10. The summed E-state index contributed by atoms with van der Waals surface area (Å²) in [5.41, 5.74) is 8.46. The number of nitrogen functional groups attached to an aromatic ring is 1. The number of nitrogens with zero attached hydrogens (tertiary/aromatic N) is 1. The van der Waals surface area contributed by atoms with Crippen LogP contribution in [-0.2, 0) is 0 Å². The quantitative estimate of drug-likeness (QED) is 0.697. The fraction of sp³-hybridized carbons (Fsp3) is 0.222. The fourth-order valence-corrected chi connectivity index (χ4v) is 3.67. The van der Waals surface area contributed by atoms with E-state index in [2.05, 4.69) is 4.90 Å². The summed E-state index contributed by atoms with van der Waals surface area (Å²) in [6, 6.07) is 8.59. The first-order valence-corrected chi connectivity index (χ1v) is 8.02. The van der Waals surface area contributed by atoms with Gasteiger partial charge in [-0.3, -0.25) is 9.59 Å². The molecule has 0 atom stereocenters. The summed E-state index contributed by atoms with van der Waals surface area (Å²) < 4.78 is 0. The SMILES string of the molecule is Nc1c(Cl)cc(N2CCCC2)c2c1C(=O)c1ccccc1C2=O. The molecule has 0 saturated carbocycles. The van der Waals surface area contributed by atoms with Crippen molar-refractivity contribution in [3.63, 3.8) is 0 Å². The molecular formula is C18H15ClN2O2. The molecule has 4 rings (SSSR count). The van der Waals surface area contributed by atoms with Gasteiger partial charge < -0.3 is 10.6 Å². The van der Waals surface area contributed by atoms with Gasteiger partial charge in [-0.1, -0.05) is 35.9 Å². The van der Waals surface area contributed by atoms with Crippen molar-refractivity contribution >= 4 is 34.5 Å². The average Bonchev–Trinajstić information content (AvgIpc) is 3.09.